The number of aromatic nitrogens is 2. The molecule has 2 rings (SSSR count). The minimum atomic E-state index is 0.573. The van der Waals surface area contributed by atoms with Crippen LogP contribution in [0.25, 0.3) is 0 Å². The van der Waals surface area contributed by atoms with E-state index in [0.717, 1.165) is 29.4 Å². The molecule has 0 saturated carbocycles. The highest BCUT2D eigenvalue weighted by atomic mass is 15.2. The van der Waals surface area contributed by atoms with Gasteiger partial charge in [0.1, 0.15) is 11.6 Å². The Balaban J connectivity index is 2.17. The normalized spacial score (nSPS) is 10.5. The number of hydrogen-bond donors (Lipinski definition) is 1. The fraction of sp³-hybridized carbons (Fsp3) is 0.333. The second-order valence-corrected chi connectivity index (χ2v) is 4.79. The lowest BCUT2D eigenvalue weighted by molar-refractivity contribution is 0.869. The Morgan fingerprint density at radius 2 is 1.84 bits per heavy atom. The number of anilines is 1. The van der Waals surface area contributed by atoms with Crippen LogP contribution in [0.15, 0.2) is 30.3 Å². The fourth-order valence-electron chi connectivity index (χ4n) is 2.10. The van der Waals surface area contributed by atoms with E-state index in [4.69, 9.17) is 5.73 Å². The Labute approximate surface area is 114 Å². The Bertz CT molecular complexity index is 546. The van der Waals surface area contributed by atoms with Crippen LogP contribution in [-0.2, 0) is 13.1 Å². The standard InChI is InChI=1S/C15H20N4/c1-11-7-15(18-12(2)17-11)19(3)10-14-6-4-5-13(8-14)9-16/h4-8H,9-10,16H2,1-3H3. The summed E-state index contributed by atoms with van der Waals surface area (Å²) in [7, 11) is 2.04. The van der Waals surface area contributed by atoms with Gasteiger partial charge in [-0.15, -0.1) is 0 Å². The number of rotatable bonds is 4. The Morgan fingerprint density at radius 3 is 2.53 bits per heavy atom. The van der Waals surface area contributed by atoms with Crippen molar-refractivity contribution in [2.75, 3.05) is 11.9 Å². The summed E-state index contributed by atoms with van der Waals surface area (Å²) in [6.45, 7) is 5.29. The number of hydrogen-bond acceptors (Lipinski definition) is 4. The number of benzene rings is 1. The Kier molecular flexibility index (Phi) is 4.12. The van der Waals surface area contributed by atoms with Crippen molar-refractivity contribution in [2.24, 2.45) is 5.73 Å². The molecule has 0 saturated heterocycles. The molecule has 0 spiro atoms. The minimum absolute atomic E-state index is 0.573. The predicted octanol–water partition coefficient (Wildman–Crippen LogP) is 2.19. The molecule has 1 aromatic heterocycles. The van der Waals surface area contributed by atoms with E-state index >= 15 is 0 Å². The molecule has 4 nitrogen and oxygen atoms in total. The molecule has 0 fully saturated rings. The second-order valence-electron chi connectivity index (χ2n) is 4.79. The first-order valence-corrected chi connectivity index (χ1v) is 6.40. The average molecular weight is 256 g/mol. The van der Waals surface area contributed by atoms with Crippen molar-refractivity contribution in [1.29, 1.82) is 0 Å². The number of nitrogens with two attached hydrogens (primary N) is 1. The van der Waals surface area contributed by atoms with Crippen LogP contribution < -0.4 is 10.6 Å². The van der Waals surface area contributed by atoms with Crippen LogP contribution in [0.4, 0.5) is 5.82 Å². The summed E-state index contributed by atoms with van der Waals surface area (Å²) in [5, 5.41) is 0. The second kappa shape index (κ2) is 5.80. The maximum atomic E-state index is 5.67. The van der Waals surface area contributed by atoms with Crippen molar-refractivity contribution in [3.05, 3.63) is 53.0 Å². The summed E-state index contributed by atoms with van der Waals surface area (Å²) >= 11 is 0. The fourth-order valence-corrected chi connectivity index (χ4v) is 2.10. The highest BCUT2D eigenvalue weighted by molar-refractivity contribution is 5.40. The summed E-state index contributed by atoms with van der Waals surface area (Å²) in [6, 6.07) is 10.3. The molecule has 100 valence electrons. The highest BCUT2D eigenvalue weighted by Gasteiger charge is 2.06. The van der Waals surface area contributed by atoms with Crippen molar-refractivity contribution < 1.29 is 0 Å². The van der Waals surface area contributed by atoms with E-state index in [2.05, 4.69) is 27.0 Å². The Morgan fingerprint density at radius 1 is 1.11 bits per heavy atom. The molecule has 2 N–H and O–H groups in total. The monoisotopic (exact) mass is 256 g/mol. The molecule has 0 aliphatic rings. The van der Waals surface area contributed by atoms with Gasteiger partial charge in [-0.2, -0.15) is 0 Å². The smallest absolute Gasteiger partial charge is 0.132 e. The first kappa shape index (κ1) is 13.5. The van der Waals surface area contributed by atoms with Gasteiger partial charge in [-0.25, -0.2) is 9.97 Å². The first-order valence-electron chi connectivity index (χ1n) is 6.40. The van der Waals surface area contributed by atoms with E-state index in [1.54, 1.807) is 0 Å². The van der Waals surface area contributed by atoms with Crippen LogP contribution in [0.5, 0.6) is 0 Å². The van der Waals surface area contributed by atoms with Crippen molar-refractivity contribution in [1.82, 2.24) is 9.97 Å². The van der Waals surface area contributed by atoms with Gasteiger partial charge >= 0.3 is 0 Å². The van der Waals surface area contributed by atoms with E-state index in [-0.39, 0.29) is 0 Å². The molecule has 1 aromatic carbocycles. The van der Waals surface area contributed by atoms with E-state index < -0.39 is 0 Å². The molecule has 0 unspecified atom stereocenters. The largest absolute Gasteiger partial charge is 0.355 e. The maximum Gasteiger partial charge on any atom is 0.132 e. The Hall–Kier alpha value is -1.94. The predicted molar refractivity (Wildman–Crippen MR) is 77.9 cm³/mol. The zero-order valence-electron chi connectivity index (χ0n) is 11.7. The van der Waals surface area contributed by atoms with Crippen molar-refractivity contribution in [2.45, 2.75) is 26.9 Å². The average Bonchev–Trinajstić information content (AvgIpc) is 2.37. The summed E-state index contributed by atoms with van der Waals surface area (Å²) in [6.07, 6.45) is 0. The number of nitrogens with zero attached hydrogens (tertiary/aromatic N) is 3. The first-order chi connectivity index (χ1) is 9.08. The van der Waals surface area contributed by atoms with Gasteiger partial charge in [-0.3, -0.25) is 0 Å². The van der Waals surface area contributed by atoms with Crippen molar-refractivity contribution in [3.8, 4) is 0 Å². The maximum absolute atomic E-state index is 5.67. The molecule has 2 aromatic rings. The van der Waals surface area contributed by atoms with Gasteiger partial charge in [0.15, 0.2) is 0 Å². The molecule has 0 bridgehead atoms. The van der Waals surface area contributed by atoms with E-state index in [9.17, 15) is 0 Å². The molecule has 1 heterocycles. The van der Waals surface area contributed by atoms with Crippen molar-refractivity contribution >= 4 is 5.82 Å². The van der Waals surface area contributed by atoms with E-state index in [1.807, 2.05) is 39.1 Å². The topological polar surface area (TPSA) is 55.0 Å². The summed E-state index contributed by atoms with van der Waals surface area (Å²) in [5.41, 5.74) is 9.05. The van der Waals surface area contributed by atoms with Gasteiger partial charge < -0.3 is 10.6 Å². The third-order valence-electron chi connectivity index (χ3n) is 2.99. The lowest BCUT2D eigenvalue weighted by atomic mass is 10.1. The van der Waals surface area contributed by atoms with Crippen LogP contribution in [-0.4, -0.2) is 17.0 Å². The highest BCUT2D eigenvalue weighted by Crippen LogP contribution is 2.14. The summed E-state index contributed by atoms with van der Waals surface area (Å²) in [5.74, 6) is 1.75. The molecule has 19 heavy (non-hydrogen) atoms. The molecule has 0 atom stereocenters. The van der Waals surface area contributed by atoms with Crippen LogP contribution in [0.3, 0.4) is 0 Å². The molecule has 4 heteroatoms. The van der Waals surface area contributed by atoms with Crippen LogP contribution in [0, 0.1) is 13.8 Å². The molecular weight excluding hydrogens is 236 g/mol. The van der Waals surface area contributed by atoms with Gasteiger partial charge in [-0.1, -0.05) is 24.3 Å². The SMILES string of the molecule is Cc1cc(N(C)Cc2cccc(CN)c2)nc(C)n1. The van der Waals surface area contributed by atoms with E-state index in [1.165, 1.54) is 5.56 Å². The van der Waals surface area contributed by atoms with Gasteiger partial charge in [0.2, 0.25) is 0 Å². The summed E-state index contributed by atoms with van der Waals surface area (Å²) < 4.78 is 0. The van der Waals surface area contributed by atoms with Crippen molar-refractivity contribution in [3.63, 3.8) is 0 Å². The third-order valence-corrected chi connectivity index (χ3v) is 2.99. The lowest BCUT2D eigenvalue weighted by Crippen LogP contribution is -2.18. The van der Waals surface area contributed by atoms with Gasteiger partial charge in [0.25, 0.3) is 0 Å². The molecule has 0 radical (unpaired) electrons. The minimum Gasteiger partial charge on any atom is -0.355 e. The van der Waals surface area contributed by atoms with Gasteiger partial charge in [0, 0.05) is 31.9 Å². The van der Waals surface area contributed by atoms with Crippen LogP contribution in [0.2, 0.25) is 0 Å². The summed E-state index contributed by atoms with van der Waals surface area (Å²) in [4.78, 5) is 10.9. The quantitative estimate of drug-likeness (QED) is 0.911. The molecule has 0 aliphatic carbocycles. The van der Waals surface area contributed by atoms with Crippen LogP contribution >= 0.6 is 0 Å². The molecule has 0 amide bonds. The lowest BCUT2D eigenvalue weighted by Gasteiger charge is -2.19. The zero-order valence-corrected chi connectivity index (χ0v) is 11.7. The third kappa shape index (κ3) is 3.51. The number of aryl methyl sites for hydroxylation is 2. The molecular formula is C15H20N4. The van der Waals surface area contributed by atoms with Gasteiger partial charge in [0.05, 0.1) is 0 Å². The van der Waals surface area contributed by atoms with E-state index in [0.29, 0.717) is 6.54 Å². The molecule has 0 aliphatic heterocycles. The van der Waals surface area contributed by atoms with Crippen LogP contribution in [0.1, 0.15) is 22.6 Å². The van der Waals surface area contributed by atoms with Gasteiger partial charge in [-0.05, 0) is 25.0 Å². The zero-order chi connectivity index (χ0) is 13.8.